The molecule has 0 fully saturated rings. The highest BCUT2D eigenvalue weighted by atomic mass is 32.2. The van der Waals surface area contributed by atoms with Crippen LogP contribution < -0.4 is 10.6 Å². The Hall–Kier alpha value is -2.62. The minimum Gasteiger partial charge on any atom is -0.465 e. The molecule has 2 heterocycles. The molecule has 2 amide bonds. The van der Waals surface area contributed by atoms with Crippen LogP contribution in [-0.2, 0) is 22.4 Å². The number of amides is 2. The standard InChI is InChI=1S/C24H24N2O4S3/c1-30-24(29)21-17-9-3-2-4-10-18(17)33-23(21)26-20(27)14-32-16-8-5-7-15(13-16)25-22(28)19-11-6-12-31-19/h5-8,11-13H,2-4,9-10,14H2,1H3,(H,25,28)(H,26,27). The van der Waals surface area contributed by atoms with Gasteiger partial charge in [0.15, 0.2) is 0 Å². The fourth-order valence-electron chi connectivity index (χ4n) is 3.72. The maximum Gasteiger partial charge on any atom is 0.341 e. The van der Waals surface area contributed by atoms with Crippen LogP contribution >= 0.6 is 34.4 Å². The van der Waals surface area contributed by atoms with Crippen LogP contribution in [0.2, 0.25) is 0 Å². The zero-order chi connectivity index (χ0) is 23.2. The van der Waals surface area contributed by atoms with Crippen molar-refractivity contribution in [2.45, 2.75) is 37.0 Å². The predicted octanol–water partition coefficient (Wildman–Crippen LogP) is 5.85. The number of ether oxygens (including phenoxy) is 1. The molecule has 9 heteroatoms. The molecule has 0 saturated carbocycles. The molecule has 1 aliphatic rings. The summed E-state index contributed by atoms with van der Waals surface area (Å²) in [5.74, 6) is -0.551. The van der Waals surface area contributed by atoms with E-state index in [0.29, 0.717) is 21.1 Å². The summed E-state index contributed by atoms with van der Waals surface area (Å²) in [5, 5.41) is 8.25. The minimum atomic E-state index is -0.397. The van der Waals surface area contributed by atoms with E-state index in [0.717, 1.165) is 42.6 Å². The van der Waals surface area contributed by atoms with Crippen molar-refractivity contribution >= 4 is 62.9 Å². The first-order valence-electron chi connectivity index (χ1n) is 10.7. The third-order valence-electron chi connectivity index (χ3n) is 5.27. The zero-order valence-electron chi connectivity index (χ0n) is 18.1. The van der Waals surface area contributed by atoms with Crippen LogP contribution in [0.25, 0.3) is 0 Å². The number of carbonyl (C=O) groups excluding carboxylic acids is 3. The molecule has 4 rings (SSSR count). The van der Waals surface area contributed by atoms with E-state index in [4.69, 9.17) is 4.74 Å². The summed E-state index contributed by atoms with van der Waals surface area (Å²) in [6, 6.07) is 11.0. The molecule has 172 valence electrons. The summed E-state index contributed by atoms with van der Waals surface area (Å²) in [6.07, 6.45) is 5.05. The third-order valence-corrected chi connectivity index (χ3v) is 8.34. The molecule has 0 aliphatic heterocycles. The number of hydrogen-bond donors (Lipinski definition) is 2. The van der Waals surface area contributed by atoms with Crippen molar-refractivity contribution in [1.82, 2.24) is 0 Å². The molecule has 3 aromatic rings. The van der Waals surface area contributed by atoms with E-state index < -0.39 is 5.97 Å². The summed E-state index contributed by atoms with van der Waals surface area (Å²) in [7, 11) is 1.37. The highest BCUT2D eigenvalue weighted by Crippen LogP contribution is 2.38. The first kappa shape index (κ1) is 23.5. The molecular formula is C24H24N2O4S3. The molecule has 0 bridgehead atoms. The van der Waals surface area contributed by atoms with Crippen LogP contribution in [0, 0.1) is 0 Å². The van der Waals surface area contributed by atoms with Gasteiger partial charge in [0.2, 0.25) is 5.91 Å². The van der Waals surface area contributed by atoms with E-state index in [9.17, 15) is 14.4 Å². The molecule has 2 aromatic heterocycles. The number of hydrogen-bond acceptors (Lipinski definition) is 7. The highest BCUT2D eigenvalue weighted by molar-refractivity contribution is 8.00. The number of thiophene rings is 2. The number of thioether (sulfide) groups is 1. The first-order valence-corrected chi connectivity index (χ1v) is 13.3. The van der Waals surface area contributed by atoms with Gasteiger partial charge in [-0.3, -0.25) is 9.59 Å². The van der Waals surface area contributed by atoms with Gasteiger partial charge in [-0.25, -0.2) is 4.79 Å². The smallest absolute Gasteiger partial charge is 0.341 e. The minimum absolute atomic E-state index is 0.155. The molecular weight excluding hydrogens is 476 g/mol. The van der Waals surface area contributed by atoms with Gasteiger partial charge >= 0.3 is 5.97 Å². The predicted molar refractivity (Wildman–Crippen MR) is 135 cm³/mol. The van der Waals surface area contributed by atoms with Crippen LogP contribution in [0.4, 0.5) is 10.7 Å². The van der Waals surface area contributed by atoms with E-state index in [1.807, 2.05) is 35.7 Å². The molecule has 0 saturated heterocycles. The maximum atomic E-state index is 12.7. The lowest BCUT2D eigenvalue weighted by molar-refractivity contribution is -0.113. The Morgan fingerprint density at radius 2 is 1.91 bits per heavy atom. The van der Waals surface area contributed by atoms with Gasteiger partial charge in [-0.1, -0.05) is 18.6 Å². The van der Waals surface area contributed by atoms with Crippen LogP contribution in [0.1, 0.15) is 49.7 Å². The Morgan fingerprint density at radius 1 is 1.06 bits per heavy atom. The van der Waals surface area contributed by atoms with Gasteiger partial charge in [0, 0.05) is 15.5 Å². The Labute approximate surface area is 204 Å². The Balaban J connectivity index is 1.40. The molecule has 33 heavy (non-hydrogen) atoms. The van der Waals surface area contributed by atoms with Crippen molar-refractivity contribution < 1.29 is 19.1 Å². The van der Waals surface area contributed by atoms with E-state index in [-0.39, 0.29) is 17.6 Å². The molecule has 0 radical (unpaired) electrons. The van der Waals surface area contributed by atoms with Gasteiger partial charge in [0.25, 0.3) is 5.91 Å². The van der Waals surface area contributed by atoms with E-state index in [1.54, 1.807) is 6.07 Å². The summed E-state index contributed by atoms with van der Waals surface area (Å²) >= 11 is 4.24. The molecule has 6 nitrogen and oxygen atoms in total. The van der Waals surface area contributed by atoms with Crippen molar-refractivity contribution in [2.24, 2.45) is 0 Å². The van der Waals surface area contributed by atoms with Crippen molar-refractivity contribution in [2.75, 3.05) is 23.5 Å². The molecule has 0 atom stereocenters. The SMILES string of the molecule is COC(=O)c1c(NC(=O)CSc2cccc(NC(=O)c3cccs3)c2)sc2c1CCCCC2. The van der Waals surface area contributed by atoms with Crippen LogP contribution in [0.5, 0.6) is 0 Å². The Morgan fingerprint density at radius 3 is 2.70 bits per heavy atom. The number of nitrogens with one attached hydrogen (secondary N) is 2. The van der Waals surface area contributed by atoms with Gasteiger partial charge in [0.1, 0.15) is 5.00 Å². The van der Waals surface area contributed by atoms with Crippen molar-refractivity contribution in [1.29, 1.82) is 0 Å². The molecule has 1 aliphatic carbocycles. The summed E-state index contributed by atoms with van der Waals surface area (Å²) in [4.78, 5) is 40.1. The lowest BCUT2D eigenvalue weighted by atomic mass is 10.1. The van der Waals surface area contributed by atoms with Crippen LogP contribution in [-0.4, -0.2) is 30.6 Å². The van der Waals surface area contributed by atoms with Gasteiger partial charge < -0.3 is 15.4 Å². The van der Waals surface area contributed by atoms with Crippen LogP contribution in [0.15, 0.2) is 46.7 Å². The number of benzene rings is 1. The Bertz CT molecular complexity index is 1150. The topological polar surface area (TPSA) is 84.5 Å². The molecule has 2 N–H and O–H groups in total. The van der Waals surface area contributed by atoms with Gasteiger partial charge in [0.05, 0.1) is 23.3 Å². The second kappa shape index (κ2) is 11.0. The van der Waals surface area contributed by atoms with E-state index in [2.05, 4.69) is 10.6 Å². The fourth-order valence-corrected chi connectivity index (χ4v) is 6.39. The summed E-state index contributed by atoms with van der Waals surface area (Å²) in [6.45, 7) is 0. The lowest BCUT2D eigenvalue weighted by Crippen LogP contribution is -2.16. The largest absolute Gasteiger partial charge is 0.465 e. The molecule has 1 aromatic carbocycles. The zero-order valence-corrected chi connectivity index (χ0v) is 20.6. The maximum absolute atomic E-state index is 12.7. The first-order chi connectivity index (χ1) is 16.0. The highest BCUT2D eigenvalue weighted by Gasteiger charge is 2.26. The second-order valence-electron chi connectivity index (χ2n) is 7.56. The van der Waals surface area contributed by atoms with Gasteiger partial charge in [-0.2, -0.15) is 0 Å². The van der Waals surface area contributed by atoms with Crippen LogP contribution in [0.3, 0.4) is 0 Å². The number of anilines is 2. The number of rotatable bonds is 7. The van der Waals surface area contributed by atoms with Gasteiger partial charge in [-0.15, -0.1) is 34.4 Å². The number of aryl methyl sites for hydroxylation is 1. The number of fused-ring (bicyclic) bond motifs is 1. The van der Waals surface area contributed by atoms with E-state index in [1.165, 1.54) is 46.4 Å². The number of esters is 1. The second-order valence-corrected chi connectivity index (χ2v) is 10.7. The average Bonchev–Trinajstić information content (AvgIpc) is 3.41. The number of carbonyl (C=O) groups is 3. The third kappa shape index (κ3) is 5.85. The summed E-state index contributed by atoms with van der Waals surface area (Å²) < 4.78 is 5.00. The molecule has 0 spiro atoms. The van der Waals surface area contributed by atoms with Crippen molar-refractivity contribution in [3.63, 3.8) is 0 Å². The molecule has 0 unspecified atom stereocenters. The van der Waals surface area contributed by atoms with Gasteiger partial charge in [-0.05, 0) is 60.9 Å². The lowest BCUT2D eigenvalue weighted by Gasteiger charge is -2.08. The monoisotopic (exact) mass is 500 g/mol. The quantitative estimate of drug-likeness (QED) is 0.242. The van der Waals surface area contributed by atoms with E-state index >= 15 is 0 Å². The Kier molecular flexibility index (Phi) is 7.85. The van der Waals surface area contributed by atoms with Crippen molar-refractivity contribution in [3.05, 3.63) is 62.7 Å². The van der Waals surface area contributed by atoms with Crippen molar-refractivity contribution in [3.8, 4) is 0 Å². The fraction of sp³-hybridized carbons (Fsp3) is 0.292. The average molecular weight is 501 g/mol. The summed E-state index contributed by atoms with van der Waals surface area (Å²) in [5.41, 5.74) is 2.21. The normalized spacial score (nSPS) is 13.0. The number of methoxy groups -OCH3 is 1.